The van der Waals surface area contributed by atoms with Crippen LogP contribution in [-0.2, 0) is 14.8 Å². The molecule has 8 heteroatoms. The number of hydrogen-bond donors (Lipinski definition) is 1. The number of amides is 1. The van der Waals surface area contributed by atoms with Crippen molar-refractivity contribution in [3.8, 4) is 5.75 Å². The molecule has 1 N–H and O–H groups in total. The number of rotatable bonds is 8. The highest BCUT2D eigenvalue weighted by Gasteiger charge is 2.39. The summed E-state index contributed by atoms with van der Waals surface area (Å²) in [5.74, 6) is 0.342. The second-order valence-corrected chi connectivity index (χ2v) is 11.3. The predicted molar refractivity (Wildman–Crippen MR) is 143 cm³/mol. The van der Waals surface area contributed by atoms with E-state index in [1.165, 1.54) is 12.1 Å². The summed E-state index contributed by atoms with van der Waals surface area (Å²) in [6, 6.07) is 20.5. The van der Waals surface area contributed by atoms with Gasteiger partial charge in [-0.05, 0) is 55.7 Å². The van der Waals surface area contributed by atoms with E-state index in [0.29, 0.717) is 22.7 Å². The summed E-state index contributed by atoms with van der Waals surface area (Å²) in [4.78, 5) is 13.6. The third kappa shape index (κ3) is 5.08. The molecule has 3 aromatic carbocycles. The van der Waals surface area contributed by atoms with Gasteiger partial charge in [0.1, 0.15) is 17.9 Å². The number of benzene rings is 3. The van der Waals surface area contributed by atoms with Gasteiger partial charge in [0.2, 0.25) is 5.91 Å². The minimum absolute atomic E-state index is 0.101. The molecule has 1 amide bonds. The second-order valence-electron chi connectivity index (χ2n) is 9.06. The van der Waals surface area contributed by atoms with Crippen molar-refractivity contribution in [2.45, 2.75) is 56.6 Å². The molecule has 1 aliphatic rings. The van der Waals surface area contributed by atoms with Crippen LogP contribution in [0.25, 0.3) is 0 Å². The molecule has 3 aromatic rings. The Morgan fingerprint density at radius 1 is 1.03 bits per heavy atom. The number of nitrogens with zero attached hydrogens (tertiary/aromatic N) is 1. The van der Waals surface area contributed by atoms with Crippen LogP contribution in [0.15, 0.2) is 77.7 Å². The Morgan fingerprint density at radius 2 is 1.69 bits per heavy atom. The van der Waals surface area contributed by atoms with Gasteiger partial charge in [-0.15, -0.1) is 0 Å². The zero-order chi connectivity index (χ0) is 25.9. The van der Waals surface area contributed by atoms with E-state index >= 15 is 0 Å². The van der Waals surface area contributed by atoms with Crippen LogP contribution in [0.4, 0.5) is 5.69 Å². The van der Waals surface area contributed by atoms with Crippen molar-refractivity contribution in [3.05, 3.63) is 88.9 Å². The first kappa shape index (κ1) is 26.0. The minimum atomic E-state index is -4.03. The highest BCUT2D eigenvalue weighted by Crippen LogP contribution is 2.42. The van der Waals surface area contributed by atoms with Gasteiger partial charge in [0.25, 0.3) is 10.0 Å². The first-order chi connectivity index (χ1) is 17.2. The molecule has 6 nitrogen and oxygen atoms in total. The van der Waals surface area contributed by atoms with E-state index in [9.17, 15) is 13.2 Å². The molecule has 0 bridgehead atoms. The number of ether oxygens (including phenoxy) is 1. The third-order valence-electron chi connectivity index (χ3n) is 6.95. The first-order valence-corrected chi connectivity index (χ1v) is 13.9. The Hall–Kier alpha value is -3.03. The summed E-state index contributed by atoms with van der Waals surface area (Å²) in [7, 11) is -4.03. The molecule has 4 rings (SSSR count). The molecule has 190 valence electrons. The van der Waals surface area contributed by atoms with Crippen LogP contribution in [0.5, 0.6) is 5.75 Å². The monoisotopic (exact) mass is 526 g/mol. The van der Waals surface area contributed by atoms with Crippen molar-refractivity contribution < 1.29 is 17.9 Å². The molecule has 0 saturated heterocycles. The van der Waals surface area contributed by atoms with Gasteiger partial charge in [0.05, 0.1) is 16.6 Å². The Labute approximate surface area is 218 Å². The van der Waals surface area contributed by atoms with Gasteiger partial charge in [-0.1, -0.05) is 67.9 Å². The van der Waals surface area contributed by atoms with Crippen molar-refractivity contribution in [1.82, 2.24) is 5.32 Å². The standard InChI is InChI=1S/C28H31ClN2O4S/c1-4-28(5-2)18-24(22-14-9-10-17-26(22)35-28)30-27(32)19-31(25-16-11-15-23(29)20(25)3)36(33,34)21-12-7-6-8-13-21/h6-17,24H,4-5,18-19H2,1-3H3,(H,30,32). The Morgan fingerprint density at radius 3 is 2.39 bits per heavy atom. The van der Waals surface area contributed by atoms with E-state index < -0.39 is 21.5 Å². The third-order valence-corrected chi connectivity index (χ3v) is 9.13. The van der Waals surface area contributed by atoms with Gasteiger partial charge in [0, 0.05) is 17.0 Å². The van der Waals surface area contributed by atoms with E-state index in [1.807, 2.05) is 24.3 Å². The van der Waals surface area contributed by atoms with Crippen LogP contribution in [0, 0.1) is 6.92 Å². The number of carbonyl (C=O) groups excluding carboxylic acids is 1. The van der Waals surface area contributed by atoms with E-state index in [-0.39, 0.29) is 17.5 Å². The molecule has 0 radical (unpaired) electrons. The molecular formula is C28H31ClN2O4S. The van der Waals surface area contributed by atoms with Crippen LogP contribution in [-0.4, -0.2) is 26.5 Å². The Kier molecular flexibility index (Phi) is 7.62. The van der Waals surface area contributed by atoms with Crippen molar-refractivity contribution in [3.63, 3.8) is 0 Å². The molecule has 0 aromatic heterocycles. The van der Waals surface area contributed by atoms with E-state index in [1.54, 1.807) is 43.3 Å². The lowest BCUT2D eigenvalue weighted by atomic mass is 9.83. The molecule has 1 aliphatic heterocycles. The van der Waals surface area contributed by atoms with Crippen molar-refractivity contribution in [2.24, 2.45) is 0 Å². The first-order valence-electron chi connectivity index (χ1n) is 12.1. The SMILES string of the molecule is CCC1(CC)CC(NC(=O)CN(c2cccc(Cl)c2C)S(=O)(=O)c2ccccc2)c2ccccc2O1. The van der Waals surface area contributed by atoms with Gasteiger partial charge >= 0.3 is 0 Å². The number of halogens is 1. The average Bonchev–Trinajstić information content (AvgIpc) is 2.89. The van der Waals surface area contributed by atoms with Crippen molar-refractivity contribution in [2.75, 3.05) is 10.8 Å². The number of carbonyl (C=O) groups is 1. The van der Waals surface area contributed by atoms with E-state index in [4.69, 9.17) is 16.3 Å². The molecule has 0 aliphatic carbocycles. The largest absolute Gasteiger partial charge is 0.487 e. The lowest BCUT2D eigenvalue weighted by Gasteiger charge is -2.41. The quantitative estimate of drug-likeness (QED) is 0.388. The van der Waals surface area contributed by atoms with E-state index in [0.717, 1.165) is 28.5 Å². The maximum absolute atomic E-state index is 13.7. The Bertz CT molecular complexity index is 1340. The number of hydrogen-bond acceptors (Lipinski definition) is 4. The zero-order valence-electron chi connectivity index (χ0n) is 20.7. The number of anilines is 1. The fourth-order valence-electron chi connectivity index (χ4n) is 4.69. The normalized spacial score (nSPS) is 16.5. The molecule has 0 fully saturated rings. The summed E-state index contributed by atoms with van der Waals surface area (Å²) in [6.45, 7) is 5.51. The fourth-order valence-corrected chi connectivity index (χ4v) is 6.36. The summed E-state index contributed by atoms with van der Waals surface area (Å²) in [5, 5.41) is 3.52. The van der Waals surface area contributed by atoms with Crippen LogP contribution in [0.1, 0.15) is 50.3 Å². The van der Waals surface area contributed by atoms with Crippen LogP contribution in [0.2, 0.25) is 5.02 Å². The molecular weight excluding hydrogens is 496 g/mol. The maximum atomic E-state index is 13.7. The lowest BCUT2D eigenvalue weighted by Crippen LogP contribution is -2.47. The highest BCUT2D eigenvalue weighted by atomic mass is 35.5. The molecule has 1 heterocycles. The summed E-state index contributed by atoms with van der Waals surface area (Å²) < 4.78 is 34.9. The highest BCUT2D eigenvalue weighted by molar-refractivity contribution is 7.92. The van der Waals surface area contributed by atoms with E-state index in [2.05, 4.69) is 19.2 Å². The average molecular weight is 527 g/mol. The van der Waals surface area contributed by atoms with Crippen LogP contribution in [0.3, 0.4) is 0 Å². The molecule has 1 unspecified atom stereocenters. The van der Waals surface area contributed by atoms with Gasteiger partial charge in [0.15, 0.2) is 0 Å². The summed E-state index contributed by atoms with van der Waals surface area (Å²) in [6.07, 6.45) is 2.19. The lowest BCUT2D eigenvalue weighted by molar-refractivity contribution is -0.121. The second kappa shape index (κ2) is 10.5. The van der Waals surface area contributed by atoms with Crippen molar-refractivity contribution in [1.29, 1.82) is 0 Å². The van der Waals surface area contributed by atoms with Gasteiger partial charge in [-0.2, -0.15) is 0 Å². The topological polar surface area (TPSA) is 75.7 Å². The van der Waals surface area contributed by atoms with Gasteiger partial charge in [-0.25, -0.2) is 8.42 Å². The molecule has 36 heavy (non-hydrogen) atoms. The Balaban J connectivity index is 1.68. The maximum Gasteiger partial charge on any atom is 0.264 e. The molecule has 1 atom stereocenters. The van der Waals surface area contributed by atoms with Crippen LogP contribution < -0.4 is 14.4 Å². The summed E-state index contributed by atoms with van der Waals surface area (Å²) in [5.41, 5.74) is 1.44. The fraction of sp³-hybridized carbons (Fsp3) is 0.321. The minimum Gasteiger partial charge on any atom is -0.487 e. The van der Waals surface area contributed by atoms with Gasteiger partial charge < -0.3 is 10.1 Å². The molecule has 0 spiro atoms. The predicted octanol–water partition coefficient (Wildman–Crippen LogP) is 6.04. The number of fused-ring (bicyclic) bond motifs is 1. The van der Waals surface area contributed by atoms with Crippen LogP contribution >= 0.6 is 11.6 Å². The molecule has 0 saturated carbocycles. The van der Waals surface area contributed by atoms with Crippen molar-refractivity contribution >= 4 is 33.2 Å². The zero-order valence-corrected chi connectivity index (χ0v) is 22.3. The smallest absolute Gasteiger partial charge is 0.264 e. The van der Waals surface area contributed by atoms with Gasteiger partial charge in [-0.3, -0.25) is 9.10 Å². The number of para-hydroxylation sites is 1. The number of nitrogens with one attached hydrogen (secondary N) is 1. The summed E-state index contributed by atoms with van der Waals surface area (Å²) >= 11 is 6.33. The number of sulfonamides is 1.